The first-order valence-corrected chi connectivity index (χ1v) is 11.4. The predicted molar refractivity (Wildman–Crippen MR) is 122 cm³/mol. The summed E-state index contributed by atoms with van der Waals surface area (Å²) in [6.45, 7) is 5.53. The number of pyridine rings is 1. The number of halogens is 1. The Morgan fingerprint density at radius 1 is 1.25 bits per heavy atom. The fraction of sp³-hybridized carbons (Fsp3) is 0.429. The molecule has 11 heteroatoms. The van der Waals surface area contributed by atoms with Crippen molar-refractivity contribution in [3.05, 3.63) is 35.9 Å². The summed E-state index contributed by atoms with van der Waals surface area (Å²) in [6, 6.07) is 2.25. The molecule has 0 unspecified atom stereocenters. The van der Waals surface area contributed by atoms with Gasteiger partial charge >= 0.3 is 12.1 Å². The third kappa shape index (κ3) is 5.18. The van der Waals surface area contributed by atoms with Crippen LogP contribution < -0.4 is 15.8 Å². The summed E-state index contributed by atoms with van der Waals surface area (Å²) in [6.07, 6.45) is 8.64. The second-order valence-corrected chi connectivity index (χ2v) is 9.99. The standard InChI is InChI=1S/C21H25ClN6O3S/c1-21(2,3)31-20(29)27-12-4-5-13(10-12)30-19-26-11-15(18-25-8-9-28(18)19)32-14-6-7-24-17(23)16(14)22/h6-9,11-13H,4-5,10H2,1-3H3,(H2,23,24)(H,27,29)/t12-,13+/m1/s1. The number of fused-ring (bicyclic) bond motifs is 1. The maximum atomic E-state index is 12.0. The second kappa shape index (κ2) is 9.03. The molecule has 2 atom stereocenters. The Hall–Kier alpha value is -2.72. The van der Waals surface area contributed by atoms with E-state index in [1.54, 1.807) is 35.3 Å². The lowest BCUT2D eigenvalue weighted by Gasteiger charge is -2.21. The average molecular weight is 477 g/mol. The van der Waals surface area contributed by atoms with E-state index in [2.05, 4.69) is 20.3 Å². The van der Waals surface area contributed by atoms with Gasteiger partial charge in [-0.3, -0.25) is 4.40 Å². The van der Waals surface area contributed by atoms with Crippen molar-refractivity contribution in [1.29, 1.82) is 0 Å². The molecule has 1 aliphatic carbocycles. The molecule has 1 aliphatic rings. The maximum Gasteiger partial charge on any atom is 0.407 e. The minimum atomic E-state index is -0.526. The van der Waals surface area contributed by atoms with Crippen molar-refractivity contribution >= 4 is 40.9 Å². The van der Waals surface area contributed by atoms with Crippen molar-refractivity contribution in [2.45, 2.75) is 67.6 Å². The number of alkyl carbamates (subject to hydrolysis) is 1. The third-order valence-electron chi connectivity index (χ3n) is 4.84. The molecule has 0 spiro atoms. The number of nitrogens with zero attached hydrogens (tertiary/aromatic N) is 4. The molecule has 32 heavy (non-hydrogen) atoms. The number of carbonyl (C=O) groups is 1. The fourth-order valence-corrected chi connectivity index (χ4v) is 4.61. The first-order chi connectivity index (χ1) is 15.2. The Bertz CT molecular complexity index is 1130. The van der Waals surface area contributed by atoms with E-state index in [9.17, 15) is 4.79 Å². The molecule has 3 aromatic rings. The molecule has 1 amide bonds. The van der Waals surface area contributed by atoms with Crippen LogP contribution in [0.5, 0.6) is 6.01 Å². The Morgan fingerprint density at radius 2 is 2.06 bits per heavy atom. The van der Waals surface area contributed by atoms with Gasteiger partial charge in [-0.2, -0.15) is 0 Å². The molecule has 0 aliphatic heterocycles. The van der Waals surface area contributed by atoms with E-state index in [1.807, 2.05) is 20.8 Å². The van der Waals surface area contributed by atoms with Crippen LogP contribution in [0.3, 0.4) is 0 Å². The third-order valence-corrected chi connectivity index (χ3v) is 6.41. The van der Waals surface area contributed by atoms with Crippen LogP contribution in [0.1, 0.15) is 40.0 Å². The molecule has 9 nitrogen and oxygen atoms in total. The first-order valence-electron chi connectivity index (χ1n) is 10.3. The van der Waals surface area contributed by atoms with E-state index in [1.165, 1.54) is 11.8 Å². The van der Waals surface area contributed by atoms with Crippen LogP contribution >= 0.6 is 23.4 Å². The van der Waals surface area contributed by atoms with Gasteiger partial charge in [0.25, 0.3) is 0 Å². The maximum absolute atomic E-state index is 12.0. The number of nitrogens with one attached hydrogen (secondary N) is 1. The number of rotatable bonds is 5. The van der Waals surface area contributed by atoms with Crippen LogP contribution in [0.2, 0.25) is 5.02 Å². The minimum absolute atomic E-state index is 0.00208. The quantitative estimate of drug-likeness (QED) is 0.558. The van der Waals surface area contributed by atoms with Gasteiger partial charge < -0.3 is 20.5 Å². The van der Waals surface area contributed by atoms with Crippen molar-refractivity contribution in [3.8, 4) is 6.01 Å². The SMILES string of the molecule is CC(C)(C)OC(=O)N[C@@H]1CC[C@H](Oc2ncc(Sc3ccnc(N)c3Cl)c3nccn23)C1. The highest BCUT2D eigenvalue weighted by Gasteiger charge is 2.30. The lowest BCUT2D eigenvalue weighted by atomic mass is 10.2. The van der Waals surface area contributed by atoms with Gasteiger partial charge in [0.1, 0.15) is 17.5 Å². The van der Waals surface area contributed by atoms with Gasteiger partial charge in [0.2, 0.25) is 0 Å². The summed E-state index contributed by atoms with van der Waals surface area (Å²) < 4.78 is 13.3. The summed E-state index contributed by atoms with van der Waals surface area (Å²) in [5.41, 5.74) is 5.98. The summed E-state index contributed by atoms with van der Waals surface area (Å²) >= 11 is 7.69. The number of nitrogens with two attached hydrogens (primary N) is 1. The van der Waals surface area contributed by atoms with E-state index < -0.39 is 11.7 Å². The average Bonchev–Trinajstić information content (AvgIpc) is 3.35. The molecule has 1 saturated carbocycles. The molecular weight excluding hydrogens is 452 g/mol. The number of hydrogen-bond acceptors (Lipinski definition) is 8. The van der Waals surface area contributed by atoms with Crippen LogP contribution in [0, 0.1) is 0 Å². The van der Waals surface area contributed by atoms with Crippen molar-refractivity contribution in [2.75, 3.05) is 5.73 Å². The smallest absolute Gasteiger partial charge is 0.407 e. The first kappa shape index (κ1) is 22.5. The highest BCUT2D eigenvalue weighted by molar-refractivity contribution is 7.99. The Morgan fingerprint density at radius 3 is 2.84 bits per heavy atom. The van der Waals surface area contributed by atoms with Crippen LogP contribution in [0.4, 0.5) is 10.6 Å². The van der Waals surface area contributed by atoms with Gasteiger partial charge in [-0.1, -0.05) is 23.4 Å². The van der Waals surface area contributed by atoms with E-state index in [0.29, 0.717) is 23.1 Å². The van der Waals surface area contributed by atoms with E-state index in [4.69, 9.17) is 26.8 Å². The zero-order valence-electron chi connectivity index (χ0n) is 18.0. The van der Waals surface area contributed by atoms with Crippen LogP contribution in [-0.4, -0.2) is 43.2 Å². The van der Waals surface area contributed by atoms with Gasteiger partial charge in [0.05, 0.1) is 16.1 Å². The minimum Gasteiger partial charge on any atom is -0.461 e. The number of nitrogen functional groups attached to an aromatic ring is 1. The number of hydrogen-bond donors (Lipinski definition) is 2. The van der Waals surface area contributed by atoms with E-state index in [0.717, 1.165) is 22.6 Å². The summed E-state index contributed by atoms with van der Waals surface area (Å²) in [5, 5.41) is 3.32. The monoisotopic (exact) mass is 476 g/mol. The number of imidazole rings is 1. The zero-order chi connectivity index (χ0) is 22.9. The molecule has 170 valence electrons. The Balaban J connectivity index is 1.44. The molecule has 0 bridgehead atoms. The predicted octanol–water partition coefficient (Wildman–Crippen LogP) is 4.34. The molecule has 0 radical (unpaired) electrons. The summed E-state index contributed by atoms with van der Waals surface area (Å²) in [4.78, 5) is 26.6. The molecule has 3 N–H and O–H groups in total. The second-order valence-electron chi connectivity index (χ2n) is 8.53. The number of anilines is 1. The van der Waals surface area contributed by atoms with Gasteiger partial charge in [-0.15, -0.1) is 0 Å². The van der Waals surface area contributed by atoms with Gasteiger partial charge in [-0.25, -0.2) is 19.7 Å². The Labute approximate surface area is 195 Å². The number of carbonyl (C=O) groups excluding carboxylic acids is 1. The molecule has 0 saturated heterocycles. The molecule has 4 rings (SSSR count). The normalized spacial score (nSPS) is 18.6. The zero-order valence-corrected chi connectivity index (χ0v) is 19.6. The molecular formula is C21H25ClN6O3S. The summed E-state index contributed by atoms with van der Waals surface area (Å²) in [5.74, 6) is 0.278. The van der Waals surface area contributed by atoms with Crippen molar-refractivity contribution in [2.24, 2.45) is 0 Å². The lowest BCUT2D eigenvalue weighted by Crippen LogP contribution is -2.38. The topological polar surface area (TPSA) is 117 Å². The lowest BCUT2D eigenvalue weighted by molar-refractivity contribution is 0.0502. The highest BCUT2D eigenvalue weighted by Crippen LogP contribution is 2.37. The van der Waals surface area contributed by atoms with Gasteiger partial charge in [0.15, 0.2) is 5.65 Å². The van der Waals surface area contributed by atoms with Crippen LogP contribution in [0.15, 0.2) is 40.6 Å². The fourth-order valence-electron chi connectivity index (χ4n) is 3.47. The van der Waals surface area contributed by atoms with Gasteiger partial charge in [-0.05, 0) is 39.7 Å². The van der Waals surface area contributed by atoms with Crippen molar-refractivity contribution < 1.29 is 14.3 Å². The molecule has 3 heterocycles. The van der Waals surface area contributed by atoms with Crippen LogP contribution in [0.25, 0.3) is 5.65 Å². The van der Waals surface area contributed by atoms with Crippen LogP contribution in [-0.2, 0) is 4.74 Å². The number of ether oxygens (including phenoxy) is 2. The molecule has 0 aromatic carbocycles. The van der Waals surface area contributed by atoms with Gasteiger partial charge in [0, 0.05) is 35.9 Å². The van der Waals surface area contributed by atoms with Crippen molar-refractivity contribution in [3.63, 3.8) is 0 Å². The Kier molecular flexibility index (Phi) is 6.34. The molecule has 3 aromatic heterocycles. The van der Waals surface area contributed by atoms with Crippen molar-refractivity contribution in [1.82, 2.24) is 24.7 Å². The molecule has 1 fully saturated rings. The van der Waals surface area contributed by atoms with E-state index >= 15 is 0 Å². The number of amides is 1. The highest BCUT2D eigenvalue weighted by atomic mass is 35.5. The number of aromatic nitrogens is 4. The summed E-state index contributed by atoms with van der Waals surface area (Å²) in [7, 11) is 0. The largest absolute Gasteiger partial charge is 0.461 e. The van der Waals surface area contributed by atoms with E-state index in [-0.39, 0.29) is 18.0 Å².